The third-order valence-corrected chi connectivity index (χ3v) is 5.03. The lowest BCUT2D eigenvalue weighted by Crippen LogP contribution is -2.37. The van der Waals surface area contributed by atoms with Crippen LogP contribution in [0.4, 0.5) is 11.4 Å². The van der Waals surface area contributed by atoms with Crippen molar-refractivity contribution in [2.75, 3.05) is 36.5 Å². The summed E-state index contributed by atoms with van der Waals surface area (Å²) in [5.74, 6) is 0.809. The van der Waals surface area contributed by atoms with E-state index in [-0.39, 0.29) is 11.8 Å². The normalized spacial score (nSPS) is 20.9. The van der Waals surface area contributed by atoms with Gasteiger partial charge in [0.1, 0.15) is 0 Å². The molecule has 1 heterocycles. The van der Waals surface area contributed by atoms with Gasteiger partial charge in [0.05, 0.1) is 24.6 Å². The summed E-state index contributed by atoms with van der Waals surface area (Å²) in [5, 5.41) is 3.16. The molecule has 0 aromatic heterocycles. The van der Waals surface area contributed by atoms with Gasteiger partial charge < -0.3 is 15.0 Å². The molecule has 1 aliphatic carbocycles. The van der Waals surface area contributed by atoms with E-state index in [0.717, 1.165) is 37.7 Å². The molecule has 0 radical (unpaired) electrons. The van der Waals surface area contributed by atoms with Gasteiger partial charge in [-0.2, -0.15) is 0 Å². The molecule has 0 bridgehead atoms. The average molecular weight is 302 g/mol. The number of hydrogen-bond donors (Lipinski definition) is 1. The van der Waals surface area contributed by atoms with Crippen LogP contribution in [-0.4, -0.2) is 32.2 Å². The molecule has 3 rings (SSSR count). The predicted octanol–water partition coefficient (Wildman–Crippen LogP) is 3.29. The first-order valence-corrected chi connectivity index (χ1v) is 8.48. The van der Waals surface area contributed by atoms with Crippen LogP contribution in [0.3, 0.4) is 0 Å². The number of nitrogens with one attached hydrogen (secondary N) is 1. The molecule has 1 atom stereocenters. The van der Waals surface area contributed by atoms with E-state index in [1.165, 1.54) is 25.7 Å². The highest BCUT2D eigenvalue weighted by molar-refractivity contribution is 5.95. The number of para-hydroxylation sites is 2. The molecule has 1 aliphatic heterocycles. The van der Waals surface area contributed by atoms with Crippen molar-refractivity contribution in [3.63, 3.8) is 0 Å². The minimum absolute atomic E-state index is 0.0974. The van der Waals surface area contributed by atoms with Crippen LogP contribution in [0.2, 0.25) is 0 Å². The monoisotopic (exact) mass is 302 g/mol. The summed E-state index contributed by atoms with van der Waals surface area (Å²) >= 11 is 0. The number of carbonyl (C=O) groups excluding carboxylic acids is 1. The van der Waals surface area contributed by atoms with Gasteiger partial charge in [-0.05, 0) is 30.9 Å². The molecular weight excluding hydrogens is 276 g/mol. The zero-order valence-electron chi connectivity index (χ0n) is 13.4. The van der Waals surface area contributed by atoms with E-state index in [1.54, 1.807) is 0 Å². The molecule has 1 aromatic rings. The number of benzene rings is 1. The zero-order valence-corrected chi connectivity index (χ0v) is 13.4. The van der Waals surface area contributed by atoms with Gasteiger partial charge in [-0.3, -0.25) is 4.79 Å². The number of ether oxygens (including phenoxy) is 1. The number of hydrogen-bond acceptors (Lipinski definition) is 3. The number of rotatable bonds is 4. The van der Waals surface area contributed by atoms with Crippen molar-refractivity contribution in [3.8, 4) is 0 Å². The van der Waals surface area contributed by atoms with E-state index in [4.69, 9.17) is 4.74 Å². The molecule has 1 unspecified atom stereocenters. The van der Waals surface area contributed by atoms with Gasteiger partial charge in [-0.25, -0.2) is 0 Å². The quantitative estimate of drug-likeness (QED) is 0.928. The van der Waals surface area contributed by atoms with Crippen LogP contribution in [0.15, 0.2) is 24.3 Å². The fourth-order valence-electron chi connectivity index (χ4n) is 3.58. The summed E-state index contributed by atoms with van der Waals surface area (Å²) in [5.41, 5.74) is 2.04. The van der Waals surface area contributed by atoms with E-state index < -0.39 is 0 Å². The highest BCUT2D eigenvalue weighted by Gasteiger charge is 2.27. The first kappa shape index (κ1) is 15.3. The molecule has 1 saturated carbocycles. The second kappa shape index (κ2) is 7.14. The minimum Gasteiger partial charge on any atom is -0.378 e. The molecular formula is C18H26N2O2. The highest BCUT2D eigenvalue weighted by atomic mass is 16.5. The molecule has 2 fully saturated rings. The van der Waals surface area contributed by atoms with Crippen molar-refractivity contribution >= 4 is 17.3 Å². The third kappa shape index (κ3) is 3.43. The van der Waals surface area contributed by atoms with Crippen molar-refractivity contribution in [2.24, 2.45) is 11.8 Å². The van der Waals surface area contributed by atoms with Crippen LogP contribution in [0.5, 0.6) is 0 Å². The first-order chi connectivity index (χ1) is 10.8. The van der Waals surface area contributed by atoms with Gasteiger partial charge in [-0.1, -0.05) is 31.9 Å². The average Bonchev–Trinajstić information content (AvgIpc) is 3.10. The summed E-state index contributed by atoms with van der Waals surface area (Å²) in [6.07, 6.45) is 4.93. The molecule has 22 heavy (non-hydrogen) atoms. The summed E-state index contributed by atoms with van der Waals surface area (Å²) in [6.45, 7) is 5.33. The third-order valence-electron chi connectivity index (χ3n) is 5.03. The van der Waals surface area contributed by atoms with E-state index in [2.05, 4.69) is 23.2 Å². The van der Waals surface area contributed by atoms with Gasteiger partial charge in [0, 0.05) is 19.0 Å². The smallest absolute Gasteiger partial charge is 0.227 e. The van der Waals surface area contributed by atoms with Gasteiger partial charge >= 0.3 is 0 Å². The Hall–Kier alpha value is -1.55. The van der Waals surface area contributed by atoms with Gasteiger partial charge in [-0.15, -0.1) is 0 Å². The number of nitrogens with zero attached hydrogens (tertiary/aromatic N) is 1. The van der Waals surface area contributed by atoms with Crippen molar-refractivity contribution in [1.82, 2.24) is 0 Å². The van der Waals surface area contributed by atoms with Crippen molar-refractivity contribution in [3.05, 3.63) is 24.3 Å². The SMILES string of the molecule is CC(C(=O)Nc1ccccc1N1CCOCC1)C1CCCC1. The number of amides is 1. The molecule has 4 nitrogen and oxygen atoms in total. The Morgan fingerprint density at radius 2 is 1.91 bits per heavy atom. The van der Waals surface area contributed by atoms with Crippen LogP contribution in [-0.2, 0) is 9.53 Å². The predicted molar refractivity (Wildman–Crippen MR) is 89.2 cm³/mol. The van der Waals surface area contributed by atoms with Crippen molar-refractivity contribution in [2.45, 2.75) is 32.6 Å². The van der Waals surface area contributed by atoms with Crippen LogP contribution in [0.25, 0.3) is 0 Å². The lowest BCUT2D eigenvalue weighted by atomic mass is 9.92. The Balaban J connectivity index is 1.70. The molecule has 1 aromatic carbocycles. The van der Waals surface area contributed by atoms with Crippen molar-refractivity contribution in [1.29, 1.82) is 0 Å². The summed E-state index contributed by atoms with van der Waals surface area (Å²) in [7, 11) is 0. The number of morpholine rings is 1. The largest absolute Gasteiger partial charge is 0.378 e. The number of carbonyl (C=O) groups is 1. The van der Waals surface area contributed by atoms with E-state index in [0.29, 0.717) is 5.92 Å². The molecule has 4 heteroatoms. The van der Waals surface area contributed by atoms with E-state index >= 15 is 0 Å². The molecule has 120 valence electrons. The Bertz CT molecular complexity index is 506. The lowest BCUT2D eigenvalue weighted by Gasteiger charge is -2.31. The highest BCUT2D eigenvalue weighted by Crippen LogP contribution is 2.33. The fourth-order valence-corrected chi connectivity index (χ4v) is 3.58. The van der Waals surface area contributed by atoms with Gasteiger partial charge in [0.15, 0.2) is 0 Å². The van der Waals surface area contributed by atoms with E-state index in [9.17, 15) is 4.79 Å². The molecule has 1 N–H and O–H groups in total. The van der Waals surface area contributed by atoms with Crippen LogP contribution >= 0.6 is 0 Å². The lowest BCUT2D eigenvalue weighted by molar-refractivity contribution is -0.120. The Morgan fingerprint density at radius 3 is 2.64 bits per heavy atom. The Morgan fingerprint density at radius 1 is 1.23 bits per heavy atom. The topological polar surface area (TPSA) is 41.6 Å². The summed E-state index contributed by atoms with van der Waals surface area (Å²) < 4.78 is 5.42. The Labute approximate surface area is 132 Å². The zero-order chi connectivity index (χ0) is 15.4. The summed E-state index contributed by atoms with van der Waals surface area (Å²) in [4.78, 5) is 14.9. The molecule has 1 saturated heterocycles. The van der Waals surface area contributed by atoms with Gasteiger partial charge in [0.25, 0.3) is 0 Å². The van der Waals surface area contributed by atoms with E-state index in [1.807, 2.05) is 18.2 Å². The maximum Gasteiger partial charge on any atom is 0.227 e. The number of anilines is 2. The summed E-state index contributed by atoms with van der Waals surface area (Å²) in [6, 6.07) is 8.10. The first-order valence-electron chi connectivity index (χ1n) is 8.48. The van der Waals surface area contributed by atoms with Crippen LogP contribution in [0.1, 0.15) is 32.6 Å². The molecule has 0 spiro atoms. The maximum atomic E-state index is 12.6. The second-order valence-electron chi connectivity index (χ2n) is 6.44. The maximum absolute atomic E-state index is 12.6. The fraction of sp³-hybridized carbons (Fsp3) is 0.611. The van der Waals surface area contributed by atoms with Crippen LogP contribution < -0.4 is 10.2 Å². The minimum atomic E-state index is 0.0974. The van der Waals surface area contributed by atoms with Crippen LogP contribution in [0, 0.1) is 11.8 Å². The molecule has 2 aliphatic rings. The van der Waals surface area contributed by atoms with Crippen molar-refractivity contribution < 1.29 is 9.53 Å². The Kier molecular flexibility index (Phi) is 4.98. The van der Waals surface area contributed by atoms with Gasteiger partial charge in [0.2, 0.25) is 5.91 Å². The second-order valence-corrected chi connectivity index (χ2v) is 6.44. The molecule has 1 amide bonds. The standard InChI is InChI=1S/C18H26N2O2/c1-14(15-6-2-3-7-15)18(21)19-16-8-4-5-9-17(16)20-10-12-22-13-11-20/h4-5,8-9,14-15H,2-3,6-7,10-13H2,1H3,(H,19,21).